The first kappa shape index (κ1) is 15.9. The van der Waals surface area contributed by atoms with E-state index < -0.39 is 5.54 Å². The third kappa shape index (κ3) is 2.50. The average Bonchev–Trinajstić information content (AvgIpc) is 3.16. The smallest absolute Gasteiger partial charge is 0.313 e. The number of likely N-dealkylation sites (N-methyl/N-ethyl adjacent to an activating group) is 1. The van der Waals surface area contributed by atoms with Crippen LogP contribution < -0.4 is 0 Å². The molecule has 0 spiro atoms. The van der Waals surface area contributed by atoms with Crippen LogP contribution in [0.3, 0.4) is 0 Å². The van der Waals surface area contributed by atoms with E-state index in [0.717, 1.165) is 30.6 Å². The van der Waals surface area contributed by atoms with Crippen molar-refractivity contribution in [3.05, 3.63) is 11.6 Å². The van der Waals surface area contributed by atoms with Crippen LogP contribution in [0.15, 0.2) is 16.6 Å². The maximum absolute atomic E-state index is 13.0. The summed E-state index contributed by atoms with van der Waals surface area (Å²) in [5.41, 5.74) is -0.338. The van der Waals surface area contributed by atoms with Gasteiger partial charge >= 0.3 is 6.03 Å². The Bertz CT molecular complexity index is 604. The number of hydrogen-bond acceptors (Lipinski definition) is 4. The summed E-state index contributed by atoms with van der Waals surface area (Å²) in [4.78, 5) is 44.4. The number of Topliss-reactive ketones (excluding diaryl/α,β-unsaturated/α-hetero) is 1. The van der Waals surface area contributed by atoms with E-state index in [1.807, 2.05) is 6.92 Å². The van der Waals surface area contributed by atoms with Crippen molar-refractivity contribution in [3.63, 3.8) is 0 Å². The number of carbonyl (C=O) groups excluding carboxylic acids is 3. The molecule has 0 radical (unpaired) electrons. The molecule has 0 aromatic carbocycles. The first-order valence-corrected chi connectivity index (χ1v) is 8.29. The molecule has 3 amide bonds. The van der Waals surface area contributed by atoms with Crippen LogP contribution in [0.5, 0.6) is 0 Å². The fraction of sp³-hybridized carbons (Fsp3) is 0.647. The van der Waals surface area contributed by atoms with Gasteiger partial charge in [0, 0.05) is 18.8 Å². The van der Waals surface area contributed by atoms with Crippen molar-refractivity contribution in [2.75, 3.05) is 20.1 Å². The number of nitrogens with zero attached hydrogens (tertiary/aromatic N) is 3. The molecule has 0 bridgehead atoms. The molecule has 2 heterocycles. The Morgan fingerprint density at radius 3 is 2.61 bits per heavy atom. The second kappa shape index (κ2) is 5.91. The van der Waals surface area contributed by atoms with Gasteiger partial charge in [-0.1, -0.05) is 25.3 Å². The summed E-state index contributed by atoms with van der Waals surface area (Å²) in [5, 5.41) is 0. The van der Waals surface area contributed by atoms with E-state index in [1.54, 1.807) is 13.1 Å². The summed E-state index contributed by atoms with van der Waals surface area (Å²) in [5.74, 6) is -0.292. The quantitative estimate of drug-likeness (QED) is 0.742. The predicted octanol–water partition coefficient (Wildman–Crippen LogP) is 1.80. The molecule has 1 saturated heterocycles. The van der Waals surface area contributed by atoms with Gasteiger partial charge in [-0.3, -0.25) is 19.5 Å². The average molecular weight is 317 g/mol. The van der Waals surface area contributed by atoms with Crippen molar-refractivity contribution in [1.82, 2.24) is 9.80 Å². The van der Waals surface area contributed by atoms with E-state index in [1.165, 1.54) is 17.5 Å². The van der Waals surface area contributed by atoms with Gasteiger partial charge in [-0.25, -0.2) is 4.79 Å². The van der Waals surface area contributed by atoms with E-state index in [2.05, 4.69) is 4.99 Å². The van der Waals surface area contributed by atoms with Gasteiger partial charge in [0.2, 0.25) is 0 Å². The summed E-state index contributed by atoms with van der Waals surface area (Å²) in [6, 6.07) is -0.369. The highest BCUT2D eigenvalue weighted by Crippen LogP contribution is 2.40. The third-order valence-corrected chi connectivity index (χ3v) is 5.56. The van der Waals surface area contributed by atoms with Crippen LogP contribution in [-0.2, 0) is 9.59 Å². The van der Waals surface area contributed by atoms with Gasteiger partial charge in [-0.05, 0) is 25.7 Å². The van der Waals surface area contributed by atoms with Gasteiger partial charge in [-0.15, -0.1) is 0 Å². The highest BCUT2D eigenvalue weighted by Gasteiger charge is 2.56. The summed E-state index contributed by atoms with van der Waals surface area (Å²) < 4.78 is 0. The van der Waals surface area contributed by atoms with E-state index in [4.69, 9.17) is 0 Å². The van der Waals surface area contributed by atoms with Gasteiger partial charge in [0.25, 0.3) is 5.91 Å². The minimum atomic E-state index is -0.823. The van der Waals surface area contributed by atoms with Crippen LogP contribution in [0, 0.1) is 5.92 Å². The van der Waals surface area contributed by atoms with E-state index in [-0.39, 0.29) is 30.2 Å². The molecular weight excluding hydrogens is 294 g/mol. The van der Waals surface area contributed by atoms with Crippen LogP contribution in [0.25, 0.3) is 0 Å². The molecule has 0 aromatic rings. The topological polar surface area (TPSA) is 70.1 Å². The van der Waals surface area contributed by atoms with Crippen LogP contribution in [-0.4, -0.2) is 59.4 Å². The first-order chi connectivity index (χ1) is 11.0. The molecule has 2 aliphatic heterocycles. The molecule has 6 heteroatoms. The minimum Gasteiger partial charge on any atom is -0.313 e. The maximum atomic E-state index is 13.0. The van der Waals surface area contributed by atoms with Crippen molar-refractivity contribution < 1.29 is 14.4 Å². The van der Waals surface area contributed by atoms with E-state index in [9.17, 15) is 14.4 Å². The zero-order valence-electron chi connectivity index (χ0n) is 13.7. The fourth-order valence-corrected chi connectivity index (χ4v) is 3.91. The van der Waals surface area contributed by atoms with Gasteiger partial charge < -0.3 is 4.90 Å². The summed E-state index contributed by atoms with van der Waals surface area (Å²) in [6.07, 6.45) is 8.53. The summed E-state index contributed by atoms with van der Waals surface area (Å²) in [7, 11) is 1.68. The van der Waals surface area contributed by atoms with Crippen molar-refractivity contribution in [2.45, 2.75) is 44.6 Å². The lowest BCUT2D eigenvalue weighted by Crippen LogP contribution is -2.52. The minimum absolute atomic E-state index is 0.171. The third-order valence-electron chi connectivity index (χ3n) is 5.56. The Balaban J connectivity index is 1.80. The highest BCUT2D eigenvalue weighted by atomic mass is 16.2. The molecule has 3 rings (SSSR count). The Morgan fingerprint density at radius 2 is 2.00 bits per heavy atom. The van der Waals surface area contributed by atoms with Gasteiger partial charge in [0.1, 0.15) is 5.54 Å². The Hall–Kier alpha value is -1.98. The number of hydrogen-bond donors (Lipinski definition) is 0. The number of imide groups is 1. The second-order valence-corrected chi connectivity index (χ2v) is 6.79. The Labute approximate surface area is 136 Å². The standard InChI is InChI=1S/C17H23N3O3/c1-17(13-6-4-3-5-7-13)15(22)20(16(23)19(17)2)11-14(21)12-8-9-18-10-12/h8,10,13H,3-7,9,11H2,1-2H3. The highest BCUT2D eigenvalue weighted by molar-refractivity contribution is 6.18. The number of aliphatic imine (C=N–C) groups is 1. The second-order valence-electron chi connectivity index (χ2n) is 6.79. The lowest BCUT2D eigenvalue weighted by Gasteiger charge is -2.38. The molecule has 1 saturated carbocycles. The number of rotatable bonds is 4. The van der Waals surface area contributed by atoms with Crippen LogP contribution in [0.2, 0.25) is 0 Å². The summed E-state index contributed by atoms with van der Waals surface area (Å²) >= 11 is 0. The molecule has 6 nitrogen and oxygen atoms in total. The Kier molecular flexibility index (Phi) is 4.08. The Morgan fingerprint density at radius 1 is 1.30 bits per heavy atom. The molecule has 2 fully saturated rings. The normalized spacial score (nSPS) is 28.7. The molecule has 1 aliphatic carbocycles. The van der Waals surface area contributed by atoms with Crippen molar-refractivity contribution >= 4 is 23.9 Å². The molecule has 1 atom stereocenters. The molecule has 0 N–H and O–H groups in total. The molecule has 124 valence electrons. The monoisotopic (exact) mass is 317 g/mol. The fourth-order valence-electron chi connectivity index (χ4n) is 3.91. The largest absolute Gasteiger partial charge is 0.327 e. The number of amides is 3. The molecular formula is C17H23N3O3. The lowest BCUT2D eigenvalue weighted by molar-refractivity contribution is -0.137. The molecule has 3 aliphatic rings. The van der Waals surface area contributed by atoms with Crippen LogP contribution in [0.4, 0.5) is 4.79 Å². The molecule has 0 aromatic heterocycles. The molecule has 1 unspecified atom stereocenters. The SMILES string of the molecule is CN1C(=O)N(CC(=O)C2=CCN=C2)C(=O)C1(C)C1CCCCC1. The summed E-state index contributed by atoms with van der Waals surface area (Å²) in [6.45, 7) is 2.15. The van der Waals surface area contributed by atoms with E-state index >= 15 is 0 Å². The van der Waals surface area contributed by atoms with E-state index in [0.29, 0.717) is 12.1 Å². The van der Waals surface area contributed by atoms with Crippen LogP contribution in [0.1, 0.15) is 39.0 Å². The zero-order chi connectivity index (χ0) is 16.6. The number of carbonyl (C=O) groups is 3. The van der Waals surface area contributed by atoms with Crippen LogP contribution >= 0.6 is 0 Å². The van der Waals surface area contributed by atoms with Crippen molar-refractivity contribution in [3.8, 4) is 0 Å². The predicted molar refractivity (Wildman–Crippen MR) is 86.3 cm³/mol. The van der Waals surface area contributed by atoms with Crippen molar-refractivity contribution in [2.24, 2.45) is 10.9 Å². The van der Waals surface area contributed by atoms with Gasteiger partial charge in [-0.2, -0.15) is 0 Å². The van der Waals surface area contributed by atoms with Gasteiger partial charge in [0.05, 0.1) is 13.1 Å². The van der Waals surface area contributed by atoms with Gasteiger partial charge in [0.15, 0.2) is 5.78 Å². The van der Waals surface area contributed by atoms with Crippen molar-refractivity contribution in [1.29, 1.82) is 0 Å². The lowest BCUT2D eigenvalue weighted by atomic mass is 9.75. The number of ketones is 1. The first-order valence-electron chi connectivity index (χ1n) is 8.29. The maximum Gasteiger partial charge on any atom is 0.327 e. The molecule has 23 heavy (non-hydrogen) atoms. The number of urea groups is 1. The zero-order valence-corrected chi connectivity index (χ0v) is 13.7.